The van der Waals surface area contributed by atoms with Crippen LogP contribution in [0.4, 0.5) is 0 Å². The Morgan fingerprint density at radius 1 is 1.43 bits per heavy atom. The lowest BCUT2D eigenvalue weighted by molar-refractivity contribution is 0.131. The zero-order valence-electron chi connectivity index (χ0n) is 12.6. The fraction of sp³-hybridized carbons (Fsp3) is 0.562. The predicted octanol–water partition coefficient (Wildman–Crippen LogP) is 3.10. The SMILES string of the molecule is CC(C)N1CCCC(Cn2c(=O)[nH]c3cccc(Cl)c32)C1. The molecule has 0 radical (unpaired) electrons. The van der Waals surface area contributed by atoms with Crippen LogP contribution in [0.15, 0.2) is 23.0 Å². The molecule has 2 aromatic rings. The van der Waals surface area contributed by atoms with Gasteiger partial charge in [-0.1, -0.05) is 17.7 Å². The highest BCUT2D eigenvalue weighted by Crippen LogP contribution is 2.24. The summed E-state index contributed by atoms with van der Waals surface area (Å²) in [6.45, 7) is 7.43. The number of H-pyrrole nitrogens is 1. The molecular formula is C16H22ClN3O. The summed E-state index contributed by atoms with van der Waals surface area (Å²) in [5, 5.41) is 0.641. The fourth-order valence-corrected chi connectivity index (χ4v) is 3.60. The topological polar surface area (TPSA) is 41.0 Å². The van der Waals surface area contributed by atoms with Crippen molar-refractivity contribution in [1.82, 2.24) is 14.5 Å². The largest absolute Gasteiger partial charge is 0.326 e. The van der Waals surface area contributed by atoms with Gasteiger partial charge < -0.3 is 9.88 Å². The molecule has 1 aromatic carbocycles. The molecule has 0 saturated carbocycles. The van der Waals surface area contributed by atoms with Crippen LogP contribution in [0.2, 0.25) is 5.02 Å². The third kappa shape index (κ3) is 2.87. The van der Waals surface area contributed by atoms with Crippen LogP contribution in [0.5, 0.6) is 0 Å². The van der Waals surface area contributed by atoms with E-state index in [0.717, 1.165) is 30.7 Å². The summed E-state index contributed by atoms with van der Waals surface area (Å²) in [5.74, 6) is 0.508. The van der Waals surface area contributed by atoms with Crippen LogP contribution in [0.3, 0.4) is 0 Å². The van der Waals surface area contributed by atoms with Crippen LogP contribution in [0.1, 0.15) is 26.7 Å². The number of para-hydroxylation sites is 1. The molecule has 1 saturated heterocycles. The lowest BCUT2D eigenvalue weighted by Gasteiger charge is -2.35. The number of hydrogen-bond acceptors (Lipinski definition) is 2. The van der Waals surface area contributed by atoms with E-state index in [1.165, 1.54) is 12.8 Å². The number of nitrogens with zero attached hydrogens (tertiary/aromatic N) is 2. The number of hydrogen-bond donors (Lipinski definition) is 1. The molecule has 1 atom stereocenters. The normalized spacial score (nSPS) is 20.5. The molecule has 21 heavy (non-hydrogen) atoms. The van der Waals surface area contributed by atoms with Gasteiger partial charge in [0, 0.05) is 19.1 Å². The zero-order chi connectivity index (χ0) is 15.0. The van der Waals surface area contributed by atoms with Crippen LogP contribution >= 0.6 is 11.6 Å². The highest BCUT2D eigenvalue weighted by atomic mass is 35.5. The van der Waals surface area contributed by atoms with E-state index in [1.807, 2.05) is 22.8 Å². The molecule has 114 valence electrons. The van der Waals surface area contributed by atoms with Crippen molar-refractivity contribution in [3.63, 3.8) is 0 Å². The Morgan fingerprint density at radius 3 is 3.00 bits per heavy atom. The van der Waals surface area contributed by atoms with Crippen molar-refractivity contribution in [3.8, 4) is 0 Å². The first-order chi connectivity index (χ1) is 10.1. The number of rotatable bonds is 3. The summed E-state index contributed by atoms with van der Waals surface area (Å²) < 4.78 is 1.81. The van der Waals surface area contributed by atoms with E-state index in [2.05, 4.69) is 23.7 Å². The van der Waals surface area contributed by atoms with Gasteiger partial charge in [0.25, 0.3) is 0 Å². The monoisotopic (exact) mass is 307 g/mol. The highest BCUT2D eigenvalue weighted by Gasteiger charge is 2.23. The fourth-order valence-electron chi connectivity index (χ4n) is 3.32. The van der Waals surface area contributed by atoms with E-state index in [1.54, 1.807) is 0 Å². The van der Waals surface area contributed by atoms with E-state index in [-0.39, 0.29) is 5.69 Å². The number of imidazole rings is 1. The average Bonchev–Trinajstić information content (AvgIpc) is 2.77. The molecular weight excluding hydrogens is 286 g/mol. The smallest absolute Gasteiger partial charge is 0.305 e. The molecule has 1 N–H and O–H groups in total. The van der Waals surface area contributed by atoms with Crippen molar-refractivity contribution in [2.75, 3.05) is 13.1 Å². The maximum atomic E-state index is 12.2. The second kappa shape index (κ2) is 5.85. The minimum atomic E-state index is -0.0558. The molecule has 1 aliphatic rings. The Bertz CT molecular complexity index is 688. The molecule has 0 aliphatic carbocycles. The number of halogens is 1. The zero-order valence-corrected chi connectivity index (χ0v) is 13.4. The van der Waals surface area contributed by atoms with E-state index in [4.69, 9.17) is 11.6 Å². The van der Waals surface area contributed by atoms with E-state index >= 15 is 0 Å². The molecule has 5 heteroatoms. The van der Waals surface area contributed by atoms with E-state index in [0.29, 0.717) is 17.0 Å². The van der Waals surface area contributed by atoms with Crippen molar-refractivity contribution < 1.29 is 0 Å². The summed E-state index contributed by atoms with van der Waals surface area (Å²) in [5.41, 5.74) is 1.61. The molecule has 0 amide bonds. The van der Waals surface area contributed by atoms with Gasteiger partial charge in [0.2, 0.25) is 0 Å². The molecule has 1 aliphatic heterocycles. The van der Waals surface area contributed by atoms with E-state index < -0.39 is 0 Å². The van der Waals surface area contributed by atoms with Crippen molar-refractivity contribution >= 4 is 22.6 Å². The number of aromatic nitrogens is 2. The van der Waals surface area contributed by atoms with Gasteiger partial charge in [-0.15, -0.1) is 0 Å². The van der Waals surface area contributed by atoms with Gasteiger partial charge in [-0.25, -0.2) is 4.79 Å². The first kappa shape index (κ1) is 14.7. The Balaban J connectivity index is 1.88. The van der Waals surface area contributed by atoms with Gasteiger partial charge in [0.15, 0.2) is 0 Å². The minimum Gasteiger partial charge on any atom is -0.305 e. The average molecular weight is 308 g/mol. The van der Waals surface area contributed by atoms with Crippen LogP contribution in [0, 0.1) is 5.92 Å². The Kier molecular flexibility index (Phi) is 4.09. The van der Waals surface area contributed by atoms with Crippen molar-refractivity contribution in [3.05, 3.63) is 33.7 Å². The Labute approximate surface area is 129 Å². The summed E-state index contributed by atoms with van der Waals surface area (Å²) in [4.78, 5) is 17.6. The molecule has 1 fully saturated rings. The van der Waals surface area contributed by atoms with Crippen LogP contribution < -0.4 is 5.69 Å². The Morgan fingerprint density at radius 2 is 2.24 bits per heavy atom. The number of aromatic amines is 1. The molecule has 3 rings (SSSR count). The highest BCUT2D eigenvalue weighted by molar-refractivity contribution is 6.34. The summed E-state index contributed by atoms with van der Waals surface area (Å²) in [7, 11) is 0. The number of likely N-dealkylation sites (tertiary alicyclic amines) is 1. The van der Waals surface area contributed by atoms with Gasteiger partial charge in [-0.3, -0.25) is 4.57 Å². The maximum Gasteiger partial charge on any atom is 0.326 e. The predicted molar refractivity (Wildman–Crippen MR) is 87.0 cm³/mol. The second-order valence-corrected chi connectivity index (χ2v) is 6.68. The van der Waals surface area contributed by atoms with Crippen LogP contribution in [-0.4, -0.2) is 33.6 Å². The number of benzene rings is 1. The molecule has 2 heterocycles. The van der Waals surface area contributed by atoms with Gasteiger partial charge in [-0.05, 0) is 51.3 Å². The van der Waals surface area contributed by atoms with Crippen molar-refractivity contribution in [2.45, 2.75) is 39.3 Å². The van der Waals surface area contributed by atoms with Crippen LogP contribution in [0.25, 0.3) is 11.0 Å². The summed E-state index contributed by atoms with van der Waals surface area (Å²) in [6, 6.07) is 6.18. The quantitative estimate of drug-likeness (QED) is 0.946. The molecule has 0 bridgehead atoms. The third-order valence-electron chi connectivity index (χ3n) is 4.46. The molecule has 1 unspecified atom stereocenters. The molecule has 1 aromatic heterocycles. The molecule has 4 nitrogen and oxygen atoms in total. The standard InChI is InChI=1S/C16H22ClN3O/c1-11(2)19-8-4-5-12(9-19)10-20-15-13(17)6-3-7-14(15)18-16(20)21/h3,6-7,11-12H,4-5,8-10H2,1-2H3,(H,18,21). The second-order valence-electron chi connectivity index (χ2n) is 6.27. The van der Waals surface area contributed by atoms with Gasteiger partial charge >= 0.3 is 5.69 Å². The lowest BCUT2D eigenvalue weighted by Crippen LogP contribution is -2.41. The van der Waals surface area contributed by atoms with E-state index in [9.17, 15) is 4.79 Å². The first-order valence-corrected chi connectivity index (χ1v) is 8.05. The third-order valence-corrected chi connectivity index (χ3v) is 4.77. The Hall–Kier alpha value is -1.26. The van der Waals surface area contributed by atoms with Gasteiger partial charge in [-0.2, -0.15) is 0 Å². The van der Waals surface area contributed by atoms with Crippen molar-refractivity contribution in [1.29, 1.82) is 0 Å². The number of nitrogens with one attached hydrogen (secondary N) is 1. The lowest BCUT2D eigenvalue weighted by atomic mass is 9.97. The maximum absolute atomic E-state index is 12.2. The van der Waals surface area contributed by atoms with Crippen LogP contribution in [-0.2, 0) is 6.54 Å². The summed E-state index contributed by atoms with van der Waals surface area (Å²) >= 11 is 6.28. The summed E-state index contributed by atoms with van der Waals surface area (Å²) in [6.07, 6.45) is 2.38. The number of fused-ring (bicyclic) bond motifs is 1. The molecule has 0 spiro atoms. The first-order valence-electron chi connectivity index (χ1n) is 7.67. The van der Waals surface area contributed by atoms with Crippen molar-refractivity contribution in [2.24, 2.45) is 5.92 Å². The van der Waals surface area contributed by atoms with Gasteiger partial charge in [0.05, 0.1) is 16.1 Å². The number of piperidine rings is 1. The van der Waals surface area contributed by atoms with Gasteiger partial charge in [0.1, 0.15) is 0 Å². The minimum absolute atomic E-state index is 0.0558.